The van der Waals surface area contributed by atoms with Crippen molar-refractivity contribution in [3.8, 4) is 0 Å². The summed E-state index contributed by atoms with van der Waals surface area (Å²) in [5.41, 5.74) is 1.20. The number of rotatable bonds is 4. The molecule has 2 aromatic rings. The Morgan fingerprint density at radius 3 is 2.89 bits per heavy atom. The van der Waals surface area contributed by atoms with E-state index in [1.165, 1.54) is 22.2 Å². The summed E-state index contributed by atoms with van der Waals surface area (Å²) in [6.07, 6.45) is 1.69. The third kappa shape index (κ3) is 2.64. The molecule has 0 aliphatic carbocycles. The van der Waals surface area contributed by atoms with Gasteiger partial charge in [0.15, 0.2) is 0 Å². The smallest absolute Gasteiger partial charge is 0.304 e. The molecule has 4 nitrogen and oxygen atoms in total. The predicted octanol–water partition coefficient (Wildman–Crippen LogP) is 3.26. The van der Waals surface area contributed by atoms with Crippen LogP contribution in [-0.2, 0) is 4.79 Å². The van der Waals surface area contributed by atoms with Crippen LogP contribution in [0.2, 0.25) is 0 Å². The summed E-state index contributed by atoms with van der Waals surface area (Å²) in [5, 5.41) is 10.7. The van der Waals surface area contributed by atoms with Gasteiger partial charge in [-0.15, -0.1) is 23.1 Å². The van der Waals surface area contributed by atoms with Crippen LogP contribution in [0.5, 0.6) is 0 Å². The fraction of sp³-hybridized carbons (Fsp3) is 0.417. The predicted molar refractivity (Wildman–Crippen MR) is 74.5 cm³/mol. The van der Waals surface area contributed by atoms with Gasteiger partial charge in [0.05, 0.1) is 6.42 Å². The van der Waals surface area contributed by atoms with Gasteiger partial charge in [0.25, 0.3) is 0 Å². The lowest BCUT2D eigenvalue weighted by molar-refractivity contribution is -0.136. The van der Waals surface area contributed by atoms with Gasteiger partial charge in [-0.2, -0.15) is 0 Å². The van der Waals surface area contributed by atoms with E-state index >= 15 is 0 Å². The van der Waals surface area contributed by atoms with E-state index in [9.17, 15) is 4.79 Å². The molecule has 2 heterocycles. The molecule has 0 saturated carbocycles. The van der Waals surface area contributed by atoms with Gasteiger partial charge in [-0.05, 0) is 19.4 Å². The van der Waals surface area contributed by atoms with Gasteiger partial charge < -0.3 is 5.11 Å². The van der Waals surface area contributed by atoms with Crippen molar-refractivity contribution < 1.29 is 9.90 Å². The fourth-order valence-electron chi connectivity index (χ4n) is 1.72. The van der Waals surface area contributed by atoms with Crippen LogP contribution >= 0.6 is 23.1 Å². The Hall–Kier alpha value is -1.14. The van der Waals surface area contributed by atoms with Crippen molar-refractivity contribution in [1.82, 2.24) is 9.97 Å². The van der Waals surface area contributed by atoms with E-state index in [4.69, 9.17) is 5.11 Å². The summed E-state index contributed by atoms with van der Waals surface area (Å²) in [5.74, 6) is -0.779. The van der Waals surface area contributed by atoms with Crippen molar-refractivity contribution in [3.05, 3.63) is 16.8 Å². The first-order valence-electron chi connectivity index (χ1n) is 5.58. The maximum absolute atomic E-state index is 10.7. The third-order valence-electron chi connectivity index (χ3n) is 2.71. The molecule has 2 aromatic heterocycles. The number of thiophene rings is 1. The number of aryl methyl sites for hydroxylation is 2. The third-order valence-corrected chi connectivity index (χ3v) is 4.92. The summed E-state index contributed by atoms with van der Waals surface area (Å²) >= 11 is 3.16. The molecular formula is C12H14N2O2S2. The zero-order valence-corrected chi connectivity index (χ0v) is 12.1. The number of fused-ring (bicyclic) bond motifs is 1. The minimum atomic E-state index is -0.779. The molecule has 0 spiro atoms. The van der Waals surface area contributed by atoms with E-state index in [2.05, 4.69) is 23.8 Å². The molecule has 1 atom stereocenters. The SMILES string of the molecule is Cc1sc2ncnc(SC(C)CC(=O)O)c2c1C. The highest BCUT2D eigenvalue weighted by molar-refractivity contribution is 8.00. The van der Waals surface area contributed by atoms with Crippen molar-refractivity contribution in [1.29, 1.82) is 0 Å². The lowest BCUT2D eigenvalue weighted by Crippen LogP contribution is -2.06. The zero-order chi connectivity index (χ0) is 13.3. The van der Waals surface area contributed by atoms with E-state index in [0.29, 0.717) is 0 Å². The highest BCUT2D eigenvalue weighted by Crippen LogP contribution is 2.36. The van der Waals surface area contributed by atoms with Gasteiger partial charge in [0.1, 0.15) is 16.2 Å². The van der Waals surface area contributed by atoms with E-state index < -0.39 is 5.97 Å². The summed E-state index contributed by atoms with van der Waals surface area (Å²) in [6, 6.07) is 0. The molecule has 0 aliphatic rings. The molecular weight excluding hydrogens is 268 g/mol. The Balaban J connectivity index is 2.36. The molecule has 0 aliphatic heterocycles. The molecule has 18 heavy (non-hydrogen) atoms. The van der Waals surface area contributed by atoms with Crippen molar-refractivity contribution >= 4 is 39.3 Å². The monoisotopic (exact) mass is 282 g/mol. The largest absolute Gasteiger partial charge is 0.481 e. The van der Waals surface area contributed by atoms with Crippen LogP contribution in [-0.4, -0.2) is 26.3 Å². The number of carboxylic acid groups (broad SMARTS) is 1. The summed E-state index contributed by atoms with van der Waals surface area (Å²) in [7, 11) is 0. The van der Waals surface area contributed by atoms with Crippen molar-refractivity contribution in [2.24, 2.45) is 0 Å². The number of hydrogen-bond donors (Lipinski definition) is 1. The van der Waals surface area contributed by atoms with Crippen LogP contribution in [0.25, 0.3) is 10.2 Å². The summed E-state index contributed by atoms with van der Waals surface area (Å²) in [4.78, 5) is 21.5. The second-order valence-corrected chi connectivity index (χ2v) is 6.80. The normalized spacial score (nSPS) is 12.8. The van der Waals surface area contributed by atoms with Gasteiger partial charge in [-0.1, -0.05) is 6.92 Å². The van der Waals surface area contributed by atoms with Crippen LogP contribution in [0, 0.1) is 13.8 Å². The highest BCUT2D eigenvalue weighted by Gasteiger charge is 2.16. The van der Waals surface area contributed by atoms with Gasteiger partial charge >= 0.3 is 5.97 Å². The fourth-order valence-corrected chi connectivity index (χ4v) is 3.86. The molecule has 0 aromatic carbocycles. The highest BCUT2D eigenvalue weighted by atomic mass is 32.2. The van der Waals surface area contributed by atoms with Gasteiger partial charge in [0, 0.05) is 15.5 Å². The molecule has 0 amide bonds. The minimum Gasteiger partial charge on any atom is -0.481 e. The van der Waals surface area contributed by atoms with E-state index in [1.54, 1.807) is 17.7 Å². The summed E-state index contributed by atoms with van der Waals surface area (Å²) < 4.78 is 0. The van der Waals surface area contributed by atoms with Crippen molar-refractivity contribution in [2.75, 3.05) is 0 Å². The van der Waals surface area contributed by atoms with E-state index in [-0.39, 0.29) is 11.7 Å². The summed E-state index contributed by atoms with van der Waals surface area (Å²) in [6.45, 7) is 6.03. The average molecular weight is 282 g/mol. The minimum absolute atomic E-state index is 0.000191. The number of thioether (sulfide) groups is 1. The van der Waals surface area contributed by atoms with Gasteiger partial charge in [-0.25, -0.2) is 9.97 Å². The van der Waals surface area contributed by atoms with Crippen molar-refractivity contribution in [3.63, 3.8) is 0 Å². The Labute approximate surface area is 113 Å². The Bertz CT molecular complexity index is 595. The first kappa shape index (κ1) is 13.3. The standard InChI is InChI=1S/C12H14N2O2S2/c1-6(4-9(15)16)17-11-10-7(2)8(3)18-12(10)14-5-13-11/h5-6H,4H2,1-3H3,(H,15,16). The molecule has 96 valence electrons. The second-order valence-electron chi connectivity index (χ2n) is 4.17. The number of carboxylic acids is 1. The molecule has 0 radical (unpaired) electrons. The molecule has 0 fully saturated rings. The van der Waals surface area contributed by atoms with E-state index in [0.717, 1.165) is 15.2 Å². The van der Waals surface area contributed by atoms with E-state index in [1.807, 2.05) is 6.92 Å². The van der Waals surface area contributed by atoms with Crippen molar-refractivity contribution in [2.45, 2.75) is 37.5 Å². The average Bonchev–Trinajstić information content (AvgIpc) is 2.54. The first-order chi connectivity index (χ1) is 8.49. The van der Waals surface area contributed by atoms with Gasteiger partial charge in [0.2, 0.25) is 0 Å². The molecule has 1 N–H and O–H groups in total. The maximum atomic E-state index is 10.7. The molecule has 0 saturated heterocycles. The quantitative estimate of drug-likeness (QED) is 0.689. The number of carbonyl (C=O) groups is 1. The zero-order valence-electron chi connectivity index (χ0n) is 10.4. The van der Waals surface area contributed by atoms with Crippen LogP contribution in [0.4, 0.5) is 0 Å². The Morgan fingerprint density at radius 2 is 2.22 bits per heavy atom. The van der Waals surface area contributed by atoms with Gasteiger partial charge in [-0.3, -0.25) is 4.79 Å². The lowest BCUT2D eigenvalue weighted by Gasteiger charge is -2.08. The first-order valence-corrected chi connectivity index (χ1v) is 7.27. The second kappa shape index (κ2) is 5.24. The Kier molecular flexibility index (Phi) is 3.87. The number of aliphatic carboxylic acids is 1. The number of hydrogen-bond acceptors (Lipinski definition) is 5. The van der Waals surface area contributed by atoms with Crippen LogP contribution in [0.15, 0.2) is 11.4 Å². The molecule has 0 bridgehead atoms. The van der Waals surface area contributed by atoms with Crippen LogP contribution in [0.1, 0.15) is 23.8 Å². The topological polar surface area (TPSA) is 63.1 Å². The number of nitrogens with zero attached hydrogens (tertiary/aromatic N) is 2. The molecule has 6 heteroatoms. The van der Waals surface area contributed by atoms with Crippen LogP contribution < -0.4 is 0 Å². The molecule has 2 rings (SSSR count). The van der Waals surface area contributed by atoms with Crippen LogP contribution in [0.3, 0.4) is 0 Å². The number of aromatic nitrogens is 2. The molecule has 1 unspecified atom stereocenters. The Morgan fingerprint density at radius 1 is 1.50 bits per heavy atom. The maximum Gasteiger partial charge on any atom is 0.304 e. The lowest BCUT2D eigenvalue weighted by atomic mass is 10.2.